The van der Waals surface area contributed by atoms with E-state index in [2.05, 4.69) is 0 Å². The highest BCUT2D eigenvalue weighted by atomic mass is 16.5. The first-order valence-corrected chi connectivity index (χ1v) is 4.34. The molecule has 0 heterocycles. The lowest BCUT2D eigenvalue weighted by Gasteiger charge is -2.18. The van der Waals surface area contributed by atoms with Gasteiger partial charge in [0.2, 0.25) is 0 Å². The highest BCUT2D eigenvalue weighted by Gasteiger charge is 2.18. The Labute approximate surface area is 75.3 Å². The number of hydrogen-bond donors (Lipinski definition) is 0. The molecule has 2 nitrogen and oxygen atoms in total. The van der Waals surface area contributed by atoms with E-state index in [1.165, 1.54) is 0 Å². The zero-order valence-electron chi connectivity index (χ0n) is 8.68. The van der Waals surface area contributed by atoms with Gasteiger partial charge >= 0.3 is 5.97 Å². The van der Waals surface area contributed by atoms with E-state index in [-0.39, 0.29) is 17.5 Å². The number of carbonyl (C=O) groups excluding carboxylic acids is 1. The van der Waals surface area contributed by atoms with E-state index < -0.39 is 0 Å². The third-order valence-corrected chi connectivity index (χ3v) is 1.46. The standard InChI is InChI=1S/C10H19O2/c1-6-8(2)12-9(11)7-10(3,4)5/h6,8H,7H2,1-5H3/t8-/m1/s1. The van der Waals surface area contributed by atoms with E-state index in [4.69, 9.17) is 4.74 Å². The molecule has 0 bridgehead atoms. The summed E-state index contributed by atoms with van der Waals surface area (Å²) in [6, 6.07) is 0. The van der Waals surface area contributed by atoms with Gasteiger partial charge in [0.25, 0.3) is 0 Å². The summed E-state index contributed by atoms with van der Waals surface area (Å²) in [5.74, 6) is -0.117. The van der Waals surface area contributed by atoms with Gasteiger partial charge in [0.15, 0.2) is 0 Å². The Morgan fingerprint density at radius 2 is 2.00 bits per heavy atom. The van der Waals surface area contributed by atoms with E-state index in [0.29, 0.717) is 6.42 Å². The van der Waals surface area contributed by atoms with Gasteiger partial charge in [-0.3, -0.25) is 4.79 Å². The van der Waals surface area contributed by atoms with Crippen molar-refractivity contribution in [2.24, 2.45) is 5.41 Å². The summed E-state index contributed by atoms with van der Waals surface area (Å²) in [5.41, 5.74) is 0.0184. The van der Waals surface area contributed by atoms with Crippen molar-refractivity contribution in [1.29, 1.82) is 0 Å². The maximum atomic E-state index is 11.2. The highest BCUT2D eigenvalue weighted by molar-refractivity contribution is 5.70. The fourth-order valence-electron chi connectivity index (χ4n) is 0.750. The van der Waals surface area contributed by atoms with Crippen LogP contribution in [-0.4, -0.2) is 12.1 Å². The predicted octanol–water partition coefficient (Wildman–Crippen LogP) is 2.58. The zero-order valence-corrected chi connectivity index (χ0v) is 8.68. The summed E-state index contributed by atoms with van der Waals surface area (Å²) >= 11 is 0. The fourth-order valence-corrected chi connectivity index (χ4v) is 0.750. The molecule has 0 aliphatic carbocycles. The van der Waals surface area contributed by atoms with Gasteiger partial charge in [0, 0.05) is 0 Å². The molecule has 12 heavy (non-hydrogen) atoms. The number of ether oxygens (including phenoxy) is 1. The summed E-state index contributed by atoms with van der Waals surface area (Å²) < 4.78 is 5.08. The van der Waals surface area contributed by atoms with Crippen LogP contribution in [0.3, 0.4) is 0 Å². The second-order valence-corrected chi connectivity index (χ2v) is 4.27. The van der Waals surface area contributed by atoms with Crippen LogP contribution in [0.1, 0.15) is 41.0 Å². The average molecular weight is 171 g/mol. The van der Waals surface area contributed by atoms with Crippen LogP contribution < -0.4 is 0 Å². The van der Waals surface area contributed by atoms with Gasteiger partial charge in [-0.1, -0.05) is 27.7 Å². The second-order valence-electron chi connectivity index (χ2n) is 4.27. The molecule has 0 aromatic carbocycles. The maximum Gasteiger partial charge on any atom is 0.306 e. The van der Waals surface area contributed by atoms with E-state index in [1.807, 2.05) is 41.0 Å². The van der Waals surface area contributed by atoms with E-state index in [1.54, 1.807) is 0 Å². The van der Waals surface area contributed by atoms with Crippen molar-refractivity contribution in [3.05, 3.63) is 6.42 Å². The summed E-state index contributed by atoms with van der Waals surface area (Å²) in [7, 11) is 0. The first-order valence-electron chi connectivity index (χ1n) is 4.34. The molecular weight excluding hydrogens is 152 g/mol. The molecule has 0 rings (SSSR count). The van der Waals surface area contributed by atoms with Crippen LogP contribution in [0, 0.1) is 11.8 Å². The van der Waals surface area contributed by atoms with Crippen molar-refractivity contribution in [3.8, 4) is 0 Å². The molecule has 0 aromatic rings. The normalized spacial score (nSPS) is 14.1. The van der Waals surface area contributed by atoms with Crippen molar-refractivity contribution in [3.63, 3.8) is 0 Å². The first kappa shape index (κ1) is 11.5. The Balaban J connectivity index is 3.75. The highest BCUT2D eigenvalue weighted by Crippen LogP contribution is 2.19. The zero-order chi connectivity index (χ0) is 9.78. The largest absolute Gasteiger partial charge is 0.462 e. The molecular formula is C10H19O2. The molecule has 0 aromatic heterocycles. The molecule has 0 amide bonds. The number of esters is 1. The van der Waals surface area contributed by atoms with Crippen LogP contribution in [0.2, 0.25) is 0 Å². The molecule has 2 heteroatoms. The number of rotatable bonds is 3. The van der Waals surface area contributed by atoms with Crippen LogP contribution in [0.5, 0.6) is 0 Å². The lowest BCUT2D eigenvalue weighted by atomic mass is 9.92. The number of hydrogen-bond acceptors (Lipinski definition) is 2. The molecule has 1 radical (unpaired) electrons. The minimum atomic E-state index is -0.117. The summed E-state index contributed by atoms with van der Waals surface area (Å²) in [6.45, 7) is 9.81. The Hall–Kier alpha value is -0.530. The van der Waals surface area contributed by atoms with Gasteiger partial charge in [0.05, 0.1) is 6.42 Å². The third kappa shape index (κ3) is 6.20. The predicted molar refractivity (Wildman–Crippen MR) is 49.6 cm³/mol. The third-order valence-electron chi connectivity index (χ3n) is 1.46. The minimum Gasteiger partial charge on any atom is -0.462 e. The topological polar surface area (TPSA) is 26.3 Å². The molecule has 0 saturated carbocycles. The van der Waals surface area contributed by atoms with Gasteiger partial charge in [-0.25, -0.2) is 0 Å². The summed E-state index contributed by atoms with van der Waals surface area (Å²) in [5, 5.41) is 0. The van der Waals surface area contributed by atoms with Crippen molar-refractivity contribution in [1.82, 2.24) is 0 Å². The molecule has 0 unspecified atom stereocenters. The quantitative estimate of drug-likeness (QED) is 0.610. The Morgan fingerprint density at radius 3 is 2.33 bits per heavy atom. The molecule has 1 atom stereocenters. The molecule has 0 aliphatic rings. The van der Waals surface area contributed by atoms with Crippen molar-refractivity contribution in [2.45, 2.75) is 47.1 Å². The van der Waals surface area contributed by atoms with Gasteiger partial charge < -0.3 is 4.74 Å². The average Bonchev–Trinajstić information content (AvgIpc) is 1.82. The Kier molecular flexibility index (Phi) is 4.29. The summed E-state index contributed by atoms with van der Waals surface area (Å²) in [4.78, 5) is 11.2. The van der Waals surface area contributed by atoms with E-state index in [9.17, 15) is 4.79 Å². The lowest BCUT2D eigenvalue weighted by molar-refractivity contribution is -0.148. The van der Waals surface area contributed by atoms with Crippen molar-refractivity contribution >= 4 is 5.97 Å². The molecule has 0 spiro atoms. The SMILES string of the molecule is C[CH][C@@H](C)OC(=O)CC(C)(C)C. The second kappa shape index (κ2) is 4.48. The van der Waals surface area contributed by atoms with Crippen LogP contribution in [-0.2, 0) is 9.53 Å². The Bertz CT molecular complexity index is 144. The molecule has 0 aliphatic heterocycles. The van der Waals surface area contributed by atoms with Crippen LogP contribution >= 0.6 is 0 Å². The molecule has 71 valence electrons. The molecule has 0 fully saturated rings. The van der Waals surface area contributed by atoms with Crippen LogP contribution in [0.4, 0.5) is 0 Å². The number of carbonyl (C=O) groups is 1. The Morgan fingerprint density at radius 1 is 1.50 bits per heavy atom. The monoisotopic (exact) mass is 171 g/mol. The fraction of sp³-hybridized carbons (Fsp3) is 0.800. The van der Waals surface area contributed by atoms with Crippen LogP contribution in [0.25, 0.3) is 0 Å². The van der Waals surface area contributed by atoms with E-state index in [0.717, 1.165) is 0 Å². The maximum absolute atomic E-state index is 11.2. The van der Waals surface area contributed by atoms with Gasteiger partial charge in [-0.15, -0.1) is 0 Å². The molecule has 0 N–H and O–H groups in total. The van der Waals surface area contributed by atoms with Gasteiger partial charge in [-0.05, 0) is 18.8 Å². The van der Waals surface area contributed by atoms with Crippen molar-refractivity contribution in [2.75, 3.05) is 0 Å². The first-order chi connectivity index (χ1) is 5.35. The van der Waals surface area contributed by atoms with Crippen LogP contribution in [0.15, 0.2) is 0 Å². The van der Waals surface area contributed by atoms with E-state index >= 15 is 0 Å². The van der Waals surface area contributed by atoms with Gasteiger partial charge in [0.1, 0.15) is 6.10 Å². The smallest absolute Gasteiger partial charge is 0.306 e. The minimum absolute atomic E-state index is 0.0184. The molecule has 0 saturated heterocycles. The summed E-state index contributed by atoms with van der Waals surface area (Å²) in [6.07, 6.45) is 2.27. The lowest BCUT2D eigenvalue weighted by Crippen LogP contribution is -2.19. The van der Waals surface area contributed by atoms with Crippen molar-refractivity contribution < 1.29 is 9.53 Å². The van der Waals surface area contributed by atoms with Gasteiger partial charge in [-0.2, -0.15) is 0 Å².